The van der Waals surface area contributed by atoms with E-state index in [-0.39, 0.29) is 18.4 Å². The molecule has 0 unspecified atom stereocenters. The second-order valence-corrected chi connectivity index (χ2v) is 9.31. The lowest BCUT2D eigenvalue weighted by Gasteiger charge is -2.43. The van der Waals surface area contributed by atoms with Crippen LogP contribution >= 0.6 is 0 Å². The molecule has 0 spiro atoms. The van der Waals surface area contributed by atoms with Gasteiger partial charge in [-0.1, -0.05) is 54.1 Å². The number of hydrogen-bond acceptors (Lipinski definition) is 4. The van der Waals surface area contributed by atoms with Crippen molar-refractivity contribution in [1.29, 1.82) is 0 Å². The van der Waals surface area contributed by atoms with Crippen LogP contribution in [-0.4, -0.2) is 32.0 Å². The van der Waals surface area contributed by atoms with Crippen molar-refractivity contribution < 1.29 is 14.0 Å². The zero-order valence-corrected chi connectivity index (χ0v) is 20.1. The molecule has 7 heteroatoms. The van der Waals surface area contributed by atoms with Crippen LogP contribution in [0, 0.1) is 13.8 Å². The fourth-order valence-electron chi connectivity index (χ4n) is 4.48. The Hall–Kier alpha value is -4.13. The number of aromatic nitrogens is 2. The van der Waals surface area contributed by atoms with Gasteiger partial charge in [-0.15, -0.1) is 0 Å². The number of benzene rings is 2. The summed E-state index contributed by atoms with van der Waals surface area (Å²) in [5.41, 5.74) is 4.11. The molecule has 4 aromatic rings. The Morgan fingerprint density at radius 1 is 1.09 bits per heavy atom. The smallest absolute Gasteiger partial charge is 0.273 e. The molecule has 0 aliphatic carbocycles. The second-order valence-electron chi connectivity index (χ2n) is 9.31. The van der Waals surface area contributed by atoms with Crippen molar-refractivity contribution in [2.75, 3.05) is 0 Å². The summed E-state index contributed by atoms with van der Waals surface area (Å²) in [4.78, 5) is 29.1. The lowest BCUT2D eigenvalue weighted by Crippen LogP contribution is -2.63. The van der Waals surface area contributed by atoms with Gasteiger partial charge in [-0.2, -0.15) is 5.10 Å². The van der Waals surface area contributed by atoms with Crippen molar-refractivity contribution in [2.45, 2.75) is 45.9 Å². The molecule has 0 saturated carbocycles. The molecule has 7 nitrogen and oxygen atoms in total. The molecule has 0 saturated heterocycles. The third-order valence-corrected chi connectivity index (χ3v) is 6.72. The van der Waals surface area contributed by atoms with E-state index in [0.717, 1.165) is 22.3 Å². The summed E-state index contributed by atoms with van der Waals surface area (Å²) in [5, 5.41) is 7.67. The van der Waals surface area contributed by atoms with Gasteiger partial charge in [0.05, 0.1) is 12.8 Å². The molecule has 1 aliphatic rings. The molecule has 0 radical (unpaired) electrons. The van der Waals surface area contributed by atoms with Crippen LogP contribution in [0.1, 0.15) is 39.7 Å². The first-order valence-corrected chi connectivity index (χ1v) is 11.7. The number of nitrogens with one attached hydrogen (secondary N) is 1. The number of carbonyl (C=O) groups is 2. The molecule has 0 bridgehead atoms. The number of amides is 2. The lowest BCUT2D eigenvalue weighted by molar-refractivity contribution is -0.133. The van der Waals surface area contributed by atoms with Crippen LogP contribution < -0.4 is 5.32 Å². The number of furan rings is 1. The standard InChI is InChI=1S/C28H28N4O3/c1-19-10-12-21(13-11-19)17-31-26(33)24-15-23(25-9-6-14-35-25)30-32(24)18-28(31,3)27(34)29-16-22-8-5-4-7-20(22)2/h4-15H,16-18H2,1-3H3,(H,29,34)/t28-/m0/s1. The average Bonchev–Trinajstić information content (AvgIpc) is 3.52. The Labute approximate surface area is 204 Å². The van der Waals surface area contributed by atoms with Crippen molar-refractivity contribution in [2.24, 2.45) is 0 Å². The van der Waals surface area contributed by atoms with E-state index in [1.807, 2.05) is 69.3 Å². The van der Waals surface area contributed by atoms with Gasteiger partial charge in [-0.05, 0) is 49.6 Å². The van der Waals surface area contributed by atoms with E-state index in [1.165, 1.54) is 0 Å². The van der Waals surface area contributed by atoms with Gasteiger partial charge in [0.1, 0.15) is 16.9 Å². The maximum absolute atomic E-state index is 13.8. The van der Waals surface area contributed by atoms with Gasteiger partial charge in [0.15, 0.2) is 5.76 Å². The normalized spacial score (nSPS) is 17.3. The lowest BCUT2D eigenvalue weighted by atomic mass is 9.93. The van der Waals surface area contributed by atoms with Crippen LogP contribution in [0.2, 0.25) is 0 Å². The average molecular weight is 469 g/mol. The fraction of sp³-hybridized carbons (Fsp3) is 0.250. The van der Waals surface area contributed by atoms with E-state index >= 15 is 0 Å². The minimum absolute atomic E-state index is 0.220. The fourth-order valence-corrected chi connectivity index (χ4v) is 4.48. The third kappa shape index (κ3) is 4.25. The van der Waals surface area contributed by atoms with Crippen molar-refractivity contribution >= 4 is 11.8 Å². The van der Waals surface area contributed by atoms with Crippen LogP contribution in [0.4, 0.5) is 0 Å². The Morgan fingerprint density at radius 3 is 2.57 bits per heavy atom. The first kappa shape index (κ1) is 22.7. The van der Waals surface area contributed by atoms with Gasteiger partial charge in [0, 0.05) is 19.2 Å². The summed E-state index contributed by atoms with van der Waals surface area (Å²) in [5.74, 6) is 0.119. The van der Waals surface area contributed by atoms with E-state index in [0.29, 0.717) is 30.2 Å². The van der Waals surface area contributed by atoms with Crippen molar-refractivity contribution in [1.82, 2.24) is 20.0 Å². The maximum Gasteiger partial charge on any atom is 0.273 e. The Kier molecular flexibility index (Phi) is 5.76. The molecular formula is C28H28N4O3. The summed E-state index contributed by atoms with van der Waals surface area (Å²) >= 11 is 0. The van der Waals surface area contributed by atoms with E-state index in [1.54, 1.807) is 34.0 Å². The number of nitrogens with zero attached hydrogens (tertiary/aromatic N) is 3. The highest BCUT2D eigenvalue weighted by Crippen LogP contribution is 2.31. The van der Waals surface area contributed by atoms with Gasteiger partial charge < -0.3 is 14.6 Å². The summed E-state index contributed by atoms with van der Waals surface area (Å²) in [7, 11) is 0. The van der Waals surface area contributed by atoms with Gasteiger partial charge >= 0.3 is 0 Å². The number of rotatable bonds is 6. The van der Waals surface area contributed by atoms with E-state index in [2.05, 4.69) is 10.4 Å². The number of aryl methyl sites for hydroxylation is 2. The van der Waals surface area contributed by atoms with Crippen LogP contribution in [0.15, 0.2) is 77.4 Å². The summed E-state index contributed by atoms with van der Waals surface area (Å²) in [6.07, 6.45) is 1.57. The molecule has 2 aromatic carbocycles. The highest BCUT2D eigenvalue weighted by atomic mass is 16.3. The molecule has 1 aliphatic heterocycles. The largest absolute Gasteiger partial charge is 0.463 e. The molecule has 3 heterocycles. The van der Waals surface area contributed by atoms with Crippen molar-refractivity contribution in [3.05, 3.63) is 101 Å². The molecule has 35 heavy (non-hydrogen) atoms. The quantitative estimate of drug-likeness (QED) is 0.452. The third-order valence-electron chi connectivity index (χ3n) is 6.72. The molecule has 1 N–H and O–H groups in total. The van der Waals surface area contributed by atoms with Gasteiger partial charge in [-0.3, -0.25) is 14.3 Å². The van der Waals surface area contributed by atoms with Crippen LogP contribution in [0.3, 0.4) is 0 Å². The Balaban J connectivity index is 1.49. The zero-order valence-electron chi connectivity index (χ0n) is 20.1. The van der Waals surface area contributed by atoms with Crippen molar-refractivity contribution in [3.8, 4) is 11.5 Å². The predicted octanol–water partition coefficient (Wildman–Crippen LogP) is 4.49. The van der Waals surface area contributed by atoms with E-state index in [4.69, 9.17) is 4.42 Å². The van der Waals surface area contributed by atoms with Gasteiger partial charge in [0.25, 0.3) is 5.91 Å². The Bertz CT molecular complexity index is 1370. The SMILES string of the molecule is Cc1ccc(CN2C(=O)c3cc(-c4ccco4)nn3C[C@@]2(C)C(=O)NCc2ccccc2C)cc1. The Morgan fingerprint density at radius 2 is 1.86 bits per heavy atom. The van der Waals surface area contributed by atoms with Crippen LogP contribution in [0.25, 0.3) is 11.5 Å². The highest BCUT2D eigenvalue weighted by molar-refractivity contribution is 6.00. The first-order chi connectivity index (χ1) is 16.8. The molecule has 2 amide bonds. The molecule has 0 fully saturated rings. The van der Waals surface area contributed by atoms with Gasteiger partial charge in [0.2, 0.25) is 5.91 Å². The minimum Gasteiger partial charge on any atom is -0.463 e. The first-order valence-electron chi connectivity index (χ1n) is 11.7. The maximum atomic E-state index is 13.8. The number of fused-ring (bicyclic) bond motifs is 1. The molecule has 5 rings (SSSR count). The van der Waals surface area contributed by atoms with Crippen LogP contribution in [0.5, 0.6) is 0 Å². The summed E-state index contributed by atoms with van der Waals surface area (Å²) in [6.45, 7) is 6.78. The molecule has 178 valence electrons. The number of hydrogen-bond donors (Lipinski definition) is 1. The molecule has 2 aromatic heterocycles. The number of carbonyl (C=O) groups excluding carboxylic acids is 2. The minimum atomic E-state index is -1.13. The molecular weight excluding hydrogens is 440 g/mol. The molecule has 1 atom stereocenters. The highest BCUT2D eigenvalue weighted by Gasteiger charge is 2.48. The monoisotopic (exact) mass is 468 g/mol. The zero-order chi connectivity index (χ0) is 24.6. The van der Waals surface area contributed by atoms with E-state index < -0.39 is 5.54 Å². The second kappa shape index (κ2) is 8.91. The topological polar surface area (TPSA) is 80.4 Å². The van der Waals surface area contributed by atoms with Gasteiger partial charge in [-0.25, -0.2) is 0 Å². The van der Waals surface area contributed by atoms with Crippen LogP contribution in [-0.2, 0) is 24.4 Å². The summed E-state index contributed by atoms with van der Waals surface area (Å²) < 4.78 is 7.11. The van der Waals surface area contributed by atoms with Crippen molar-refractivity contribution in [3.63, 3.8) is 0 Å². The van der Waals surface area contributed by atoms with E-state index in [9.17, 15) is 9.59 Å². The predicted molar refractivity (Wildman–Crippen MR) is 132 cm³/mol. The summed E-state index contributed by atoms with van der Waals surface area (Å²) in [6, 6.07) is 21.3.